The fourth-order valence-corrected chi connectivity index (χ4v) is 1.51. The van der Waals surface area contributed by atoms with Crippen LogP contribution < -0.4 is 0 Å². The van der Waals surface area contributed by atoms with Gasteiger partial charge in [0, 0.05) is 0 Å². The molecule has 1 heterocycles. The van der Waals surface area contributed by atoms with Crippen LogP contribution in [0.3, 0.4) is 0 Å². The molecule has 88 valence electrons. The molecule has 0 radical (unpaired) electrons. The Morgan fingerprint density at radius 2 is 2.00 bits per heavy atom. The lowest BCUT2D eigenvalue weighted by Crippen LogP contribution is -2.03. The molecule has 0 aliphatic heterocycles. The number of hydrogen-bond donors (Lipinski definition) is 2. The smallest absolute Gasteiger partial charge is 0.309 e. The standard InChI is InChI=1S/C11H11N3O3/c1-7-10(6-11(16)17)12-13-14(7)8-2-4-9(15)5-3-8/h2-5,15H,6H2,1H3,(H,16,17). The minimum atomic E-state index is -0.939. The number of aromatic hydroxyl groups is 1. The first kappa shape index (κ1) is 11.1. The van der Waals surface area contributed by atoms with E-state index in [1.54, 1.807) is 19.1 Å². The second-order valence-corrected chi connectivity index (χ2v) is 3.62. The molecule has 6 nitrogen and oxygen atoms in total. The summed E-state index contributed by atoms with van der Waals surface area (Å²) in [5.41, 5.74) is 1.84. The largest absolute Gasteiger partial charge is 0.508 e. The highest BCUT2D eigenvalue weighted by Gasteiger charge is 2.12. The average Bonchev–Trinajstić information content (AvgIpc) is 2.61. The van der Waals surface area contributed by atoms with Crippen molar-refractivity contribution >= 4 is 5.97 Å². The van der Waals surface area contributed by atoms with Gasteiger partial charge in [-0.1, -0.05) is 5.21 Å². The molecule has 0 aliphatic carbocycles. The number of phenols is 1. The number of benzene rings is 1. The summed E-state index contributed by atoms with van der Waals surface area (Å²) in [6.07, 6.45) is -0.149. The van der Waals surface area contributed by atoms with E-state index in [1.807, 2.05) is 0 Å². The predicted octanol–water partition coefficient (Wildman–Crippen LogP) is 0.908. The zero-order valence-electron chi connectivity index (χ0n) is 9.16. The normalized spacial score (nSPS) is 10.4. The number of nitrogens with zero attached hydrogens (tertiary/aromatic N) is 3. The molecule has 0 amide bonds. The molecule has 0 unspecified atom stereocenters. The van der Waals surface area contributed by atoms with Gasteiger partial charge in [-0.05, 0) is 31.2 Å². The molecule has 0 aliphatic rings. The quantitative estimate of drug-likeness (QED) is 0.822. The van der Waals surface area contributed by atoms with Crippen LogP contribution >= 0.6 is 0 Å². The van der Waals surface area contributed by atoms with Crippen LogP contribution in [0.5, 0.6) is 5.75 Å². The number of phenolic OH excluding ortho intramolecular Hbond substituents is 1. The summed E-state index contributed by atoms with van der Waals surface area (Å²) < 4.78 is 1.54. The highest BCUT2D eigenvalue weighted by atomic mass is 16.4. The third-order valence-corrected chi connectivity index (χ3v) is 2.40. The van der Waals surface area contributed by atoms with Gasteiger partial charge in [0.05, 0.1) is 23.5 Å². The van der Waals surface area contributed by atoms with E-state index in [2.05, 4.69) is 10.3 Å². The Kier molecular flexibility index (Phi) is 2.78. The van der Waals surface area contributed by atoms with Gasteiger partial charge in [0.25, 0.3) is 0 Å². The van der Waals surface area contributed by atoms with E-state index in [4.69, 9.17) is 5.11 Å². The number of rotatable bonds is 3. The highest BCUT2D eigenvalue weighted by Crippen LogP contribution is 2.15. The fraction of sp³-hybridized carbons (Fsp3) is 0.182. The SMILES string of the molecule is Cc1c(CC(=O)O)nnn1-c1ccc(O)cc1. The van der Waals surface area contributed by atoms with Crippen LogP contribution in [0.4, 0.5) is 0 Å². The van der Waals surface area contributed by atoms with E-state index in [0.717, 1.165) is 5.69 Å². The lowest BCUT2D eigenvalue weighted by atomic mass is 10.2. The summed E-state index contributed by atoms with van der Waals surface area (Å²) >= 11 is 0. The van der Waals surface area contributed by atoms with Crippen LogP contribution in [0.1, 0.15) is 11.4 Å². The van der Waals surface area contributed by atoms with Crippen molar-refractivity contribution in [3.05, 3.63) is 35.7 Å². The van der Waals surface area contributed by atoms with Gasteiger partial charge in [0.1, 0.15) is 5.75 Å². The Balaban J connectivity index is 2.37. The van der Waals surface area contributed by atoms with E-state index >= 15 is 0 Å². The van der Waals surface area contributed by atoms with E-state index < -0.39 is 5.97 Å². The van der Waals surface area contributed by atoms with Crippen LogP contribution in [-0.4, -0.2) is 31.2 Å². The van der Waals surface area contributed by atoms with Crippen molar-refractivity contribution in [2.24, 2.45) is 0 Å². The third kappa shape index (κ3) is 2.25. The number of aromatic nitrogens is 3. The van der Waals surface area contributed by atoms with Gasteiger partial charge in [-0.3, -0.25) is 4.79 Å². The van der Waals surface area contributed by atoms with Gasteiger partial charge < -0.3 is 10.2 Å². The number of hydrogen-bond acceptors (Lipinski definition) is 4. The van der Waals surface area contributed by atoms with Gasteiger partial charge in [-0.25, -0.2) is 4.68 Å². The first-order valence-electron chi connectivity index (χ1n) is 5.00. The Hall–Kier alpha value is -2.37. The number of carbonyl (C=O) groups is 1. The lowest BCUT2D eigenvalue weighted by molar-refractivity contribution is -0.136. The molecule has 0 bridgehead atoms. The first-order valence-corrected chi connectivity index (χ1v) is 5.00. The van der Waals surface area contributed by atoms with Gasteiger partial charge in [0.2, 0.25) is 0 Å². The monoisotopic (exact) mass is 233 g/mol. The van der Waals surface area contributed by atoms with Crippen molar-refractivity contribution in [3.63, 3.8) is 0 Å². The summed E-state index contributed by atoms with van der Waals surface area (Å²) in [5.74, 6) is -0.775. The molecule has 17 heavy (non-hydrogen) atoms. The Labute approximate surface area is 97.1 Å². The molecule has 1 aromatic carbocycles. The second-order valence-electron chi connectivity index (χ2n) is 3.62. The molecule has 0 saturated carbocycles. The Bertz CT molecular complexity index is 546. The summed E-state index contributed by atoms with van der Waals surface area (Å²) in [7, 11) is 0. The minimum Gasteiger partial charge on any atom is -0.508 e. The maximum atomic E-state index is 10.6. The van der Waals surface area contributed by atoms with Crippen molar-refractivity contribution in [2.45, 2.75) is 13.3 Å². The highest BCUT2D eigenvalue weighted by molar-refractivity contribution is 5.69. The molecule has 2 rings (SSSR count). The molecular weight excluding hydrogens is 222 g/mol. The fourth-order valence-electron chi connectivity index (χ4n) is 1.51. The van der Waals surface area contributed by atoms with Crippen LogP contribution in [-0.2, 0) is 11.2 Å². The summed E-state index contributed by atoms with van der Waals surface area (Å²) in [4.78, 5) is 10.6. The third-order valence-electron chi connectivity index (χ3n) is 2.40. The minimum absolute atomic E-state index is 0.149. The Morgan fingerprint density at radius 1 is 1.35 bits per heavy atom. The summed E-state index contributed by atoms with van der Waals surface area (Å²) in [6.45, 7) is 1.76. The van der Waals surface area contributed by atoms with E-state index in [0.29, 0.717) is 11.4 Å². The van der Waals surface area contributed by atoms with Crippen LogP contribution in [0.25, 0.3) is 5.69 Å². The van der Waals surface area contributed by atoms with Gasteiger partial charge in [-0.2, -0.15) is 0 Å². The van der Waals surface area contributed by atoms with Crippen LogP contribution in [0, 0.1) is 6.92 Å². The molecular formula is C11H11N3O3. The van der Waals surface area contributed by atoms with Crippen molar-refractivity contribution in [3.8, 4) is 11.4 Å². The number of aliphatic carboxylic acids is 1. The lowest BCUT2D eigenvalue weighted by Gasteiger charge is -2.03. The van der Waals surface area contributed by atoms with Gasteiger partial charge >= 0.3 is 5.97 Å². The van der Waals surface area contributed by atoms with Gasteiger partial charge in [0.15, 0.2) is 0 Å². The maximum Gasteiger partial charge on any atom is 0.309 e. The second kappa shape index (κ2) is 4.25. The first-order chi connectivity index (χ1) is 8.08. The molecule has 0 saturated heterocycles. The van der Waals surface area contributed by atoms with E-state index in [9.17, 15) is 9.90 Å². The van der Waals surface area contributed by atoms with Crippen molar-refractivity contribution in [2.75, 3.05) is 0 Å². The predicted molar refractivity (Wildman–Crippen MR) is 59.1 cm³/mol. The molecule has 0 atom stereocenters. The molecule has 1 aromatic heterocycles. The zero-order valence-corrected chi connectivity index (χ0v) is 9.16. The number of carboxylic acid groups (broad SMARTS) is 1. The summed E-state index contributed by atoms with van der Waals surface area (Å²) in [6, 6.07) is 6.43. The number of carboxylic acids is 1. The topological polar surface area (TPSA) is 88.2 Å². The van der Waals surface area contributed by atoms with Gasteiger partial charge in [-0.15, -0.1) is 5.10 Å². The maximum absolute atomic E-state index is 10.6. The van der Waals surface area contributed by atoms with Crippen LogP contribution in [0.15, 0.2) is 24.3 Å². The van der Waals surface area contributed by atoms with E-state index in [-0.39, 0.29) is 12.2 Å². The van der Waals surface area contributed by atoms with Crippen molar-refractivity contribution < 1.29 is 15.0 Å². The Morgan fingerprint density at radius 3 is 2.59 bits per heavy atom. The molecule has 0 fully saturated rings. The van der Waals surface area contributed by atoms with Crippen LogP contribution in [0.2, 0.25) is 0 Å². The van der Waals surface area contributed by atoms with Crippen molar-refractivity contribution in [1.29, 1.82) is 0 Å². The van der Waals surface area contributed by atoms with Crippen molar-refractivity contribution in [1.82, 2.24) is 15.0 Å². The molecule has 6 heteroatoms. The average molecular weight is 233 g/mol. The molecule has 2 aromatic rings. The van der Waals surface area contributed by atoms with E-state index in [1.165, 1.54) is 16.8 Å². The molecule has 0 spiro atoms. The molecule has 2 N–H and O–H groups in total. The zero-order chi connectivity index (χ0) is 12.4. The summed E-state index contributed by atoms with van der Waals surface area (Å²) in [5, 5.41) is 25.6.